The van der Waals surface area contributed by atoms with Gasteiger partial charge in [-0.2, -0.15) is 0 Å². The maximum Gasteiger partial charge on any atom is 0.328 e. The lowest BCUT2D eigenvalue weighted by Crippen LogP contribution is -1.96. The van der Waals surface area contributed by atoms with Crippen LogP contribution in [0.15, 0.2) is 36.7 Å². The van der Waals surface area contributed by atoms with E-state index in [-0.39, 0.29) is 5.82 Å². The predicted octanol–water partition coefficient (Wildman–Crippen LogP) is 1.50. The quantitative estimate of drug-likeness (QED) is 0.816. The highest BCUT2D eigenvalue weighted by molar-refractivity contribution is 5.84. The lowest BCUT2D eigenvalue weighted by Gasteiger charge is -2.02. The molecule has 0 fully saturated rings. The predicted molar refractivity (Wildman–Crippen MR) is 58.0 cm³/mol. The van der Waals surface area contributed by atoms with Gasteiger partial charge >= 0.3 is 5.97 Å². The summed E-state index contributed by atoms with van der Waals surface area (Å²) in [7, 11) is 0. The first-order valence-corrected chi connectivity index (χ1v) is 4.74. The minimum Gasteiger partial charge on any atom is -0.478 e. The zero-order valence-electron chi connectivity index (χ0n) is 8.62. The van der Waals surface area contributed by atoms with Crippen LogP contribution in [0.3, 0.4) is 0 Å². The third kappa shape index (κ3) is 2.54. The van der Waals surface area contributed by atoms with Crippen molar-refractivity contribution in [2.45, 2.75) is 0 Å². The Balaban J connectivity index is 2.36. The van der Waals surface area contributed by atoms with Crippen molar-refractivity contribution in [1.29, 1.82) is 0 Å². The second-order valence-electron chi connectivity index (χ2n) is 3.21. The van der Waals surface area contributed by atoms with Crippen LogP contribution in [0.4, 0.5) is 4.39 Å². The zero-order chi connectivity index (χ0) is 12.3. The van der Waals surface area contributed by atoms with Crippen molar-refractivity contribution in [3.63, 3.8) is 0 Å². The van der Waals surface area contributed by atoms with Crippen molar-refractivity contribution in [3.05, 3.63) is 48.3 Å². The van der Waals surface area contributed by atoms with Gasteiger partial charge in [0.15, 0.2) is 5.82 Å². The van der Waals surface area contributed by atoms with Gasteiger partial charge in [0.05, 0.1) is 0 Å². The number of hydrogen-bond acceptors (Lipinski definition) is 3. The summed E-state index contributed by atoms with van der Waals surface area (Å²) in [4.78, 5) is 10.4. The van der Waals surface area contributed by atoms with E-state index in [1.807, 2.05) is 0 Å². The first-order valence-electron chi connectivity index (χ1n) is 4.74. The third-order valence-corrected chi connectivity index (χ3v) is 2.05. The molecule has 1 aromatic carbocycles. The van der Waals surface area contributed by atoms with Crippen molar-refractivity contribution in [1.82, 2.24) is 14.8 Å². The molecule has 17 heavy (non-hydrogen) atoms. The Morgan fingerprint density at radius 2 is 2.06 bits per heavy atom. The summed E-state index contributed by atoms with van der Waals surface area (Å²) in [5, 5.41) is 15.9. The number of aromatic nitrogens is 3. The summed E-state index contributed by atoms with van der Waals surface area (Å²) >= 11 is 0. The number of carboxylic acids is 1. The van der Waals surface area contributed by atoms with Crippen LogP contribution in [-0.2, 0) is 4.79 Å². The van der Waals surface area contributed by atoms with E-state index in [0.29, 0.717) is 11.5 Å². The highest BCUT2D eigenvalue weighted by atomic mass is 19.1. The van der Waals surface area contributed by atoms with Crippen LogP contribution in [0.2, 0.25) is 0 Å². The van der Waals surface area contributed by atoms with Gasteiger partial charge in [-0.25, -0.2) is 9.18 Å². The summed E-state index contributed by atoms with van der Waals surface area (Å²) in [5.41, 5.74) is 0.654. The van der Waals surface area contributed by atoms with E-state index < -0.39 is 5.97 Å². The Morgan fingerprint density at radius 3 is 2.71 bits per heavy atom. The number of carboxylic acid groups (broad SMARTS) is 1. The second-order valence-corrected chi connectivity index (χ2v) is 3.21. The summed E-state index contributed by atoms with van der Waals surface area (Å²) in [6, 6.07) is 5.72. The van der Waals surface area contributed by atoms with Crippen molar-refractivity contribution in [2.75, 3.05) is 0 Å². The molecule has 86 valence electrons. The maximum absolute atomic E-state index is 12.8. The molecular formula is C11H8FN3O2. The smallest absolute Gasteiger partial charge is 0.328 e. The number of carbonyl (C=O) groups is 1. The number of rotatable bonds is 3. The Bertz CT molecular complexity index is 560. The van der Waals surface area contributed by atoms with Crippen LogP contribution in [0.1, 0.15) is 5.82 Å². The molecule has 6 heteroatoms. The molecule has 0 spiro atoms. The van der Waals surface area contributed by atoms with E-state index in [1.165, 1.54) is 24.5 Å². The highest BCUT2D eigenvalue weighted by Crippen LogP contribution is 2.11. The minimum absolute atomic E-state index is 0.343. The van der Waals surface area contributed by atoms with Crippen LogP contribution in [0.25, 0.3) is 11.8 Å². The molecule has 0 amide bonds. The van der Waals surface area contributed by atoms with Gasteiger partial charge < -0.3 is 5.11 Å². The van der Waals surface area contributed by atoms with Crippen molar-refractivity contribution >= 4 is 12.0 Å². The second kappa shape index (κ2) is 4.56. The fraction of sp³-hybridized carbons (Fsp3) is 0. The van der Waals surface area contributed by atoms with E-state index in [0.717, 1.165) is 6.08 Å². The third-order valence-electron chi connectivity index (χ3n) is 2.05. The van der Waals surface area contributed by atoms with Gasteiger partial charge in [-0.15, -0.1) is 10.2 Å². The van der Waals surface area contributed by atoms with E-state index >= 15 is 0 Å². The molecule has 1 N–H and O–H groups in total. The molecule has 1 aromatic heterocycles. The van der Waals surface area contributed by atoms with Gasteiger partial charge in [-0.1, -0.05) is 0 Å². The van der Waals surface area contributed by atoms with E-state index in [4.69, 9.17) is 5.11 Å². The summed E-state index contributed by atoms with van der Waals surface area (Å²) in [6.45, 7) is 0. The minimum atomic E-state index is -1.07. The van der Waals surface area contributed by atoms with Gasteiger partial charge in [0.2, 0.25) is 0 Å². The molecule has 0 aliphatic heterocycles. The maximum atomic E-state index is 12.8. The van der Waals surface area contributed by atoms with Gasteiger partial charge in [0, 0.05) is 11.8 Å². The molecule has 0 radical (unpaired) electrons. The zero-order valence-corrected chi connectivity index (χ0v) is 8.62. The molecule has 5 nitrogen and oxygen atoms in total. The number of aliphatic carboxylic acids is 1. The first-order chi connectivity index (χ1) is 8.16. The lowest BCUT2D eigenvalue weighted by atomic mass is 10.3. The van der Waals surface area contributed by atoms with E-state index in [9.17, 15) is 9.18 Å². The number of benzene rings is 1. The lowest BCUT2D eigenvalue weighted by molar-refractivity contribution is -0.131. The number of nitrogens with zero attached hydrogens (tertiary/aromatic N) is 3. The molecule has 0 saturated carbocycles. The molecule has 0 saturated heterocycles. The molecule has 0 aliphatic carbocycles. The van der Waals surface area contributed by atoms with Gasteiger partial charge in [0.1, 0.15) is 12.1 Å². The Labute approximate surface area is 95.8 Å². The van der Waals surface area contributed by atoms with Gasteiger partial charge in [0.25, 0.3) is 0 Å². The van der Waals surface area contributed by atoms with Gasteiger partial charge in [-0.05, 0) is 30.3 Å². The van der Waals surface area contributed by atoms with Crippen molar-refractivity contribution in [3.8, 4) is 5.69 Å². The first kappa shape index (κ1) is 11.0. The average molecular weight is 233 g/mol. The summed E-state index contributed by atoms with van der Waals surface area (Å²) in [5.74, 6) is -1.05. The molecule has 0 bridgehead atoms. The Hall–Kier alpha value is -2.50. The average Bonchev–Trinajstić information content (AvgIpc) is 2.75. The molecule has 2 rings (SSSR count). The van der Waals surface area contributed by atoms with E-state index in [1.54, 1.807) is 16.7 Å². The fourth-order valence-corrected chi connectivity index (χ4v) is 1.30. The van der Waals surface area contributed by atoms with Gasteiger partial charge in [-0.3, -0.25) is 4.57 Å². The number of hydrogen-bond donors (Lipinski definition) is 1. The normalized spacial score (nSPS) is 10.9. The van der Waals surface area contributed by atoms with E-state index in [2.05, 4.69) is 10.2 Å². The monoisotopic (exact) mass is 233 g/mol. The topological polar surface area (TPSA) is 68.0 Å². The summed E-state index contributed by atoms with van der Waals surface area (Å²) in [6.07, 6.45) is 3.71. The number of halogens is 1. The van der Waals surface area contributed by atoms with Crippen LogP contribution in [0, 0.1) is 5.82 Å². The Kier molecular flexibility index (Phi) is 2.95. The SMILES string of the molecule is O=C(O)/C=C/c1nncn1-c1ccc(F)cc1. The van der Waals surface area contributed by atoms with Crippen LogP contribution in [0.5, 0.6) is 0 Å². The van der Waals surface area contributed by atoms with Crippen molar-refractivity contribution in [2.24, 2.45) is 0 Å². The molecular weight excluding hydrogens is 225 g/mol. The standard InChI is InChI=1S/C11H8FN3O2/c12-8-1-3-9(4-2-8)15-7-13-14-10(15)5-6-11(16)17/h1-7H,(H,16,17)/b6-5+. The molecule has 0 atom stereocenters. The van der Waals surface area contributed by atoms with Crippen molar-refractivity contribution < 1.29 is 14.3 Å². The fourth-order valence-electron chi connectivity index (χ4n) is 1.30. The van der Waals surface area contributed by atoms with Crippen LogP contribution < -0.4 is 0 Å². The molecule has 2 aromatic rings. The summed E-state index contributed by atoms with van der Waals surface area (Å²) < 4.78 is 14.3. The molecule has 0 unspecified atom stereocenters. The molecule has 0 aliphatic rings. The molecule has 1 heterocycles. The largest absolute Gasteiger partial charge is 0.478 e. The highest BCUT2D eigenvalue weighted by Gasteiger charge is 2.03. The van der Waals surface area contributed by atoms with Crippen LogP contribution >= 0.6 is 0 Å². The van der Waals surface area contributed by atoms with Crippen LogP contribution in [-0.4, -0.2) is 25.8 Å². The Morgan fingerprint density at radius 1 is 1.35 bits per heavy atom.